The van der Waals surface area contributed by atoms with Crippen LogP contribution >= 0.6 is 0 Å². The minimum absolute atomic E-state index is 0.433. The molecule has 1 unspecified atom stereocenters. The molecule has 1 heterocycles. The quantitative estimate of drug-likeness (QED) is 0.752. The van der Waals surface area contributed by atoms with Gasteiger partial charge < -0.3 is 10.0 Å². The largest absolute Gasteiger partial charge is 0.480 e. The lowest BCUT2D eigenvalue weighted by Crippen LogP contribution is -2.52. The van der Waals surface area contributed by atoms with Crippen LogP contribution in [0.4, 0.5) is 0 Å². The first-order valence-corrected chi connectivity index (χ1v) is 8.14. The average molecular weight is 282 g/mol. The maximum atomic E-state index is 11.5. The predicted octanol–water partition coefficient (Wildman–Crippen LogP) is 2.34. The molecule has 20 heavy (non-hydrogen) atoms. The Hall–Kier alpha value is -0.610. The number of rotatable bonds is 7. The Balaban J connectivity index is 1.77. The molecular formula is C16H30N2O2. The van der Waals surface area contributed by atoms with E-state index in [-0.39, 0.29) is 0 Å². The molecule has 4 heteroatoms. The van der Waals surface area contributed by atoms with E-state index in [1.165, 1.54) is 12.8 Å². The van der Waals surface area contributed by atoms with Gasteiger partial charge in [0.25, 0.3) is 0 Å². The van der Waals surface area contributed by atoms with Gasteiger partial charge in [-0.25, -0.2) is 0 Å². The summed E-state index contributed by atoms with van der Waals surface area (Å²) in [7, 11) is 0. The highest BCUT2D eigenvalue weighted by Crippen LogP contribution is 2.27. The van der Waals surface area contributed by atoms with Crippen LogP contribution in [-0.4, -0.2) is 47.2 Å². The van der Waals surface area contributed by atoms with E-state index in [1.807, 2.05) is 6.92 Å². The molecule has 1 aliphatic carbocycles. The number of aliphatic carboxylic acids is 1. The first-order chi connectivity index (χ1) is 9.40. The lowest BCUT2D eigenvalue weighted by Gasteiger charge is -2.36. The fraction of sp³-hybridized carbons (Fsp3) is 0.938. The van der Waals surface area contributed by atoms with Crippen molar-refractivity contribution in [3.05, 3.63) is 0 Å². The Morgan fingerprint density at radius 3 is 2.35 bits per heavy atom. The topological polar surface area (TPSA) is 52.6 Å². The Morgan fingerprint density at radius 1 is 1.30 bits per heavy atom. The summed E-state index contributed by atoms with van der Waals surface area (Å²) in [5.41, 5.74) is -0.754. The maximum absolute atomic E-state index is 11.5. The third-order valence-corrected chi connectivity index (χ3v) is 5.08. The zero-order chi connectivity index (χ0) is 14.8. The summed E-state index contributed by atoms with van der Waals surface area (Å²) in [5.74, 6) is 0.918. The fourth-order valence-corrected chi connectivity index (χ4v) is 3.14. The number of nitrogens with one attached hydrogen (secondary N) is 1. The zero-order valence-corrected chi connectivity index (χ0v) is 13.2. The molecule has 1 saturated carbocycles. The van der Waals surface area contributed by atoms with Crippen LogP contribution in [-0.2, 0) is 4.79 Å². The van der Waals surface area contributed by atoms with Crippen molar-refractivity contribution in [1.29, 1.82) is 0 Å². The minimum atomic E-state index is -0.754. The van der Waals surface area contributed by atoms with Crippen LogP contribution in [0.25, 0.3) is 0 Å². The summed E-state index contributed by atoms with van der Waals surface area (Å²) < 4.78 is 0. The minimum Gasteiger partial charge on any atom is -0.480 e. The average Bonchev–Trinajstić information content (AvgIpc) is 3.20. The van der Waals surface area contributed by atoms with Gasteiger partial charge in [0.1, 0.15) is 5.54 Å². The molecule has 4 nitrogen and oxygen atoms in total. The third-order valence-electron chi connectivity index (χ3n) is 5.08. The normalized spacial score (nSPS) is 24.8. The molecule has 2 aliphatic rings. The van der Waals surface area contributed by atoms with Gasteiger partial charge in [-0.3, -0.25) is 10.1 Å². The second-order valence-electron chi connectivity index (χ2n) is 7.23. The van der Waals surface area contributed by atoms with Crippen molar-refractivity contribution >= 4 is 5.97 Å². The molecular weight excluding hydrogens is 252 g/mol. The second-order valence-corrected chi connectivity index (χ2v) is 7.23. The van der Waals surface area contributed by atoms with E-state index in [1.54, 1.807) is 0 Å². The first-order valence-electron chi connectivity index (χ1n) is 8.14. The van der Waals surface area contributed by atoms with Crippen molar-refractivity contribution in [2.24, 2.45) is 11.8 Å². The molecule has 2 fully saturated rings. The van der Waals surface area contributed by atoms with Gasteiger partial charge in [0.05, 0.1) is 0 Å². The van der Waals surface area contributed by atoms with Gasteiger partial charge in [-0.05, 0) is 64.0 Å². The summed E-state index contributed by atoms with van der Waals surface area (Å²) in [5, 5.41) is 12.8. The van der Waals surface area contributed by atoms with E-state index < -0.39 is 11.5 Å². The van der Waals surface area contributed by atoms with Crippen LogP contribution in [0.3, 0.4) is 0 Å². The van der Waals surface area contributed by atoms with Crippen molar-refractivity contribution in [3.63, 3.8) is 0 Å². The monoisotopic (exact) mass is 282 g/mol. The first kappa shape index (κ1) is 15.8. The van der Waals surface area contributed by atoms with Crippen molar-refractivity contribution in [1.82, 2.24) is 10.2 Å². The number of nitrogens with zero attached hydrogens (tertiary/aromatic N) is 1. The van der Waals surface area contributed by atoms with Gasteiger partial charge in [-0.2, -0.15) is 0 Å². The van der Waals surface area contributed by atoms with E-state index in [0.29, 0.717) is 12.5 Å². The third kappa shape index (κ3) is 4.19. The number of carboxylic acids is 1. The molecule has 0 aromatic carbocycles. The number of hydrogen-bond acceptors (Lipinski definition) is 3. The molecule has 1 aliphatic heterocycles. The van der Waals surface area contributed by atoms with Gasteiger partial charge in [-0.15, -0.1) is 0 Å². The van der Waals surface area contributed by atoms with Crippen LogP contribution in [0.5, 0.6) is 0 Å². The molecule has 2 N–H and O–H groups in total. The van der Waals surface area contributed by atoms with Crippen molar-refractivity contribution in [2.75, 3.05) is 19.6 Å². The number of hydrogen-bond donors (Lipinski definition) is 2. The molecule has 116 valence electrons. The summed E-state index contributed by atoms with van der Waals surface area (Å²) >= 11 is 0. The Labute approximate surface area is 122 Å². The van der Waals surface area contributed by atoms with Gasteiger partial charge in [0.2, 0.25) is 0 Å². The van der Waals surface area contributed by atoms with Crippen LogP contribution in [0, 0.1) is 11.8 Å². The van der Waals surface area contributed by atoms with E-state index in [2.05, 4.69) is 24.1 Å². The molecule has 0 spiro atoms. The van der Waals surface area contributed by atoms with E-state index in [4.69, 9.17) is 0 Å². The van der Waals surface area contributed by atoms with E-state index in [9.17, 15) is 9.90 Å². The summed E-state index contributed by atoms with van der Waals surface area (Å²) in [6.07, 6.45) is 5.48. The Bertz CT molecular complexity index is 333. The molecule has 1 atom stereocenters. The van der Waals surface area contributed by atoms with Crippen LogP contribution in [0.2, 0.25) is 0 Å². The number of carbonyl (C=O) groups is 1. The molecule has 0 aromatic rings. The molecule has 0 radical (unpaired) electrons. The van der Waals surface area contributed by atoms with E-state index >= 15 is 0 Å². The number of piperidine rings is 1. The van der Waals surface area contributed by atoms with Crippen LogP contribution in [0.15, 0.2) is 0 Å². The zero-order valence-electron chi connectivity index (χ0n) is 13.2. The summed E-state index contributed by atoms with van der Waals surface area (Å²) in [4.78, 5) is 14.0. The highest BCUT2D eigenvalue weighted by atomic mass is 16.4. The molecule has 0 bridgehead atoms. The van der Waals surface area contributed by atoms with E-state index in [0.717, 1.165) is 44.3 Å². The maximum Gasteiger partial charge on any atom is 0.323 e. The fourth-order valence-electron chi connectivity index (χ4n) is 3.14. The predicted molar refractivity (Wildman–Crippen MR) is 80.8 cm³/mol. The van der Waals surface area contributed by atoms with Crippen LogP contribution < -0.4 is 5.32 Å². The van der Waals surface area contributed by atoms with Gasteiger partial charge in [-0.1, -0.05) is 13.8 Å². The molecule has 1 saturated heterocycles. The lowest BCUT2D eigenvalue weighted by molar-refractivity contribution is -0.144. The molecule has 0 amide bonds. The van der Waals surface area contributed by atoms with Gasteiger partial charge in [0.15, 0.2) is 0 Å². The van der Waals surface area contributed by atoms with Gasteiger partial charge in [0, 0.05) is 12.6 Å². The highest BCUT2D eigenvalue weighted by Gasteiger charge is 2.38. The summed E-state index contributed by atoms with van der Waals surface area (Å²) in [6, 6.07) is 0.433. The smallest absolute Gasteiger partial charge is 0.323 e. The van der Waals surface area contributed by atoms with Crippen LogP contribution in [0.1, 0.15) is 52.9 Å². The standard InChI is InChI=1S/C16H30N2O2/c1-12(2)13-6-9-18(10-7-13)11-8-16(3,15(19)20)17-14-4-5-14/h12-14,17H,4-11H2,1-3H3,(H,19,20). The molecule has 2 rings (SSSR count). The Morgan fingerprint density at radius 2 is 1.90 bits per heavy atom. The molecule has 0 aromatic heterocycles. The number of likely N-dealkylation sites (tertiary alicyclic amines) is 1. The second kappa shape index (κ2) is 6.44. The number of carboxylic acid groups (broad SMARTS) is 1. The van der Waals surface area contributed by atoms with Crippen molar-refractivity contribution in [3.8, 4) is 0 Å². The van der Waals surface area contributed by atoms with Crippen molar-refractivity contribution < 1.29 is 9.90 Å². The van der Waals surface area contributed by atoms with Crippen molar-refractivity contribution in [2.45, 2.75) is 64.5 Å². The Kier molecular flexibility index (Phi) is 5.08. The SMILES string of the molecule is CC(C)C1CCN(CCC(C)(NC2CC2)C(=O)O)CC1. The summed E-state index contributed by atoms with van der Waals surface area (Å²) in [6.45, 7) is 9.61. The lowest BCUT2D eigenvalue weighted by atomic mass is 9.86. The van der Waals surface area contributed by atoms with Gasteiger partial charge >= 0.3 is 5.97 Å². The highest BCUT2D eigenvalue weighted by molar-refractivity contribution is 5.78.